The zero-order valence-electron chi connectivity index (χ0n) is 17.3. The van der Waals surface area contributed by atoms with Gasteiger partial charge in [0, 0.05) is 18.9 Å². The van der Waals surface area contributed by atoms with Crippen molar-refractivity contribution in [2.75, 3.05) is 19.6 Å². The Morgan fingerprint density at radius 2 is 1.67 bits per heavy atom. The zero-order chi connectivity index (χ0) is 20.8. The Labute approximate surface area is 177 Å². The van der Waals surface area contributed by atoms with E-state index in [0.717, 1.165) is 49.5 Å². The lowest BCUT2D eigenvalue weighted by Crippen LogP contribution is -2.37. The van der Waals surface area contributed by atoms with Crippen molar-refractivity contribution in [2.24, 2.45) is 0 Å². The minimum Gasteiger partial charge on any atom is -0.345 e. The number of rotatable bonds is 7. The molecule has 0 aliphatic carbocycles. The molecule has 0 unspecified atom stereocenters. The van der Waals surface area contributed by atoms with Crippen molar-refractivity contribution < 1.29 is 9.32 Å². The largest absolute Gasteiger partial charge is 0.345 e. The number of benzene rings is 2. The van der Waals surface area contributed by atoms with E-state index in [1.807, 2.05) is 43.3 Å². The van der Waals surface area contributed by atoms with E-state index in [0.29, 0.717) is 18.2 Å². The number of carbonyl (C=O) groups excluding carboxylic acids is 1. The third-order valence-corrected chi connectivity index (χ3v) is 5.71. The van der Waals surface area contributed by atoms with Crippen molar-refractivity contribution in [1.82, 2.24) is 20.4 Å². The number of aryl methyl sites for hydroxylation is 1. The molecule has 6 nitrogen and oxygen atoms in total. The highest BCUT2D eigenvalue weighted by molar-refractivity contribution is 5.77. The first-order chi connectivity index (χ1) is 14.7. The van der Waals surface area contributed by atoms with Crippen LogP contribution in [0.25, 0.3) is 0 Å². The summed E-state index contributed by atoms with van der Waals surface area (Å²) < 4.78 is 5.32. The van der Waals surface area contributed by atoms with E-state index in [1.165, 1.54) is 0 Å². The van der Waals surface area contributed by atoms with Gasteiger partial charge in [-0.2, -0.15) is 4.98 Å². The summed E-state index contributed by atoms with van der Waals surface area (Å²) in [5, 5.41) is 7.12. The van der Waals surface area contributed by atoms with Gasteiger partial charge in [0.25, 0.3) is 0 Å². The Bertz CT molecular complexity index is 895. The molecule has 0 atom stereocenters. The highest BCUT2D eigenvalue weighted by Gasteiger charge is 2.25. The fraction of sp³-hybridized carbons (Fsp3) is 0.375. The Kier molecular flexibility index (Phi) is 6.54. The second kappa shape index (κ2) is 9.67. The molecule has 1 aliphatic rings. The molecule has 4 rings (SSSR count). The van der Waals surface area contributed by atoms with Gasteiger partial charge in [0.05, 0.1) is 6.04 Å². The van der Waals surface area contributed by atoms with Crippen LogP contribution < -0.4 is 5.32 Å². The molecule has 0 bridgehead atoms. The van der Waals surface area contributed by atoms with Crippen LogP contribution in [0.15, 0.2) is 65.2 Å². The van der Waals surface area contributed by atoms with Gasteiger partial charge in [-0.25, -0.2) is 0 Å². The smallest absolute Gasteiger partial charge is 0.229 e. The molecule has 2 aromatic carbocycles. The van der Waals surface area contributed by atoms with Crippen molar-refractivity contribution in [2.45, 2.75) is 38.1 Å². The number of hydrogen-bond donors (Lipinski definition) is 1. The molecule has 156 valence electrons. The average molecular weight is 405 g/mol. The lowest BCUT2D eigenvalue weighted by atomic mass is 9.96. The summed E-state index contributed by atoms with van der Waals surface area (Å²) in [7, 11) is 0. The van der Waals surface area contributed by atoms with Crippen molar-refractivity contribution in [3.8, 4) is 0 Å². The third-order valence-electron chi connectivity index (χ3n) is 5.71. The van der Waals surface area contributed by atoms with E-state index in [-0.39, 0.29) is 11.9 Å². The van der Waals surface area contributed by atoms with Crippen LogP contribution in [0, 0.1) is 6.92 Å². The molecule has 1 saturated heterocycles. The van der Waals surface area contributed by atoms with Gasteiger partial charge in [-0.15, -0.1) is 0 Å². The SMILES string of the molecule is Cc1noc(C2CCN(CCC(=O)NC(c3ccccc3)c3ccccc3)CC2)n1. The van der Waals surface area contributed by atoms with E-state index in [4.69, 9.17) is 4.52 Å². The van der Waals surface area contributed by atoms with Gasteiger partial charge in [-0.3, -0.25) is 4.79 Å². The molecule has 1 amide bonds. The van der Waals surface area contributed by atoms with E-state index in [1.54, 1.807) is 0 Å². The Morgan fingerprint density at radius 3 is 2.20 bits per heavy atom. The van der Waals surface area contributed by atoms with Crippen molar-refractivity contribution >= 4 is 5.91 Å². The summed E-state index contributed by atoms with van der Waals surface area (Å²) in [6.07, 6.45) is 2.46. The zero-order valence-corrected chi connectivity index (χ0v) is 17.3. The van der Waals surface area contributed by atoms with Crippen molar-refractivity contribution in [1.29, 1.82) is 0 Å². The van der Waals surface area contributed by atoms with Crippen LogP contribution in [-0.2, 0) is 4.79 Å². The first-order valence-corrected chi connectivity index (χ1v) is 10.6. The molecule has 3 aromatic rings. The first-order valence-electron chi connectivity index (χ1n) is 10.6. The number of hydrogen-bond acceptors (Lipinski definition) is 5. The van der Waals surface area contributed by atoms with Crippen LogP contribution in [0.1, 0.15) is 54.1 Å². The molecule has 2 heterocycles. The van der Waals surface area contributed by atoms with Gasteiger partial charge >= 0.3 is 0 Å². The molecule has 1 aromatic heterocycles. The van der Waals surface area contributed by atoms with Gasteiger partial charge < -0.3 is 14.7 Å². The second-order valence-electron chi connectivity index (χ2n) is 7.87. The van der Waals surface area contributed by atoms with Gasteiger partial charge in [-0.1, -0.05) is 65.8 Å². The Hall–Kier alpha value is -2.99. The number of aromatic nitrogens is 2. The molecule has 30 heavy (non-hydrogen) atoms. The number of piperidine rings is 1. The molecule has 6 heteroatoms. The molecule has 0 radical (unpaired) electrons. The number of nitrogens with one attached hydrogen (secondary N) is 1. The topological polar surface area (TPSA) is 71.3 Å². The van der Waals surface area contributed by atoms with Gasteiger partial charge in [0.1, 0.15) is 0 Å². The predicted molar refractivity (Wildman–Crippen MR) is 115 cm³/mol. The predicted octanol–water partition coefficient (Wildman–Crippen LogP) is 3.85. The van der Waals surface area contributed by atoms with Crippen molar-refractivity contribution in [3.05, 3.63) is 83.5 Å². The highest BCUT2D eigenvalue weighted by atomic mass is 16.5. The summed E-state index contributed by atoms with van der Waals surface area (Å²) in [5.41, 5.74) is 2.18. The van der Waals surface area contributed by atoms with Crippen LogP contribution >= 0.6 is 0 Å². The summed E-state index contributed by atoms with van der Waals surface area (Å²) >= 11 is 0. The summed E-state index contributed by atoms with van der Waals surface area (Å²) in [4.78, 5) is 19.5. The number of amides is 1. The Morgan fingerprint density at radius 1 is 1.07 bits per heavy atom. The number of carbonyl (C=O) groups is 1. The molecular weight excluding hydrogens is 376 g/mol. The minimum atomic E-state index is -0.133. The lowest BCUT2D eigenvalue weighted by molar-refractivity contribution is -0.122. The van der Waals surface area contributed by atoms with Crippen LogP contribution in [0.5, 0.6) is 0 Å². The molecule has 1 fully saturated rings. The van der Waals surface area contributed by atoms with E-state index < -0.39 is 0 Å². The third kappa shape index (κ3) is 5.13. The first kappa shape index (κ1) is 20.3. The summed E-state index contributed by atoms with van der Waals surface area (Å²) in [6.45, 7) is 4.50. The second-order valence-corrected chi connectivity index (χ2v) is 7.87. The van der Waals surface area contributed by atoms with Gasteiger partial charge in [-0.05, 0) is 44.0 Å². The van der Waals surface area contributed by atoms with Gasteiger partial charge in [0.2, 0.25) is 11.8 Å². The lowest BCUT2D eigenvalue weighted by Gasteiger charge is -2.30. The molecule has 0 spiro atoms. The number of likely N-dealkylation sites (tertiary alicyclic amines) is 1. The molecule has 1 aliphatic heterocycles. The maximum absolute atomic E-state index is 12.8. The number of nitrogens with zero attached hydrogens (tertiary/aromatic N) is 3. The van der Waals surface area contributed by atoms with Crippen LogP contribution in [0.2, 0.25) is 0 Å². The fourth-order valence-electron chi connectivity index (χ4n) is 4.03. The Balaban J connectivity index is 1.30. The van der Waals surface area contributed by atoms with Crippen molar-refractivity contribution in [3.63, 3.8) is 0 Å². The molecular formula is C24H28N4O2. The quantitative estimate of drug-likeness (QED) is 0.648. The van der Waals surface area contributed by atoms with E-state index in [2.05, 4.69) is 44.6 Å². The van der Waals surface area contributed by atoms with Crippen LogP contribution in [0.4, 0.5) is 0 Å². The monoisotopic (exact) mass is 404 g/mol. The van der Waals surface area contributed by atoms with Gasteiger partial charge in [0.15, 0.2) is 5.82 Å². The maximum Gasteiger partial charge on any atom is 0.229 e. The molecule has 1 N–H and O–H groups in total. The fourth-order valence-corrected chi connectivity index (χ4v) is 4.03. The molecule has 0 saturated carbocycles. The standard InChI is InChI=1S/C24H28N4O2/c1-18-25-24(30-27-18)21-12-15-28(16-13-21)17-14-22(29)26-23(19-8-4-2-5-9-19)20-10-6-3-7-11-20/h2-11,21,23H,12-17H2,1H3,(H,26,29). The maximum atomic E-state index is 12.8. The highest BCUT2D eigenvalue weighted by Crippen LogP contribution is 2.27. The summed E-state index contributed by atoms with van der Waals surface area (Å²) in [5.74, 6) is 1.84. The summed E-state index contributed by atoms with van der Waals surface area (Å²) in [6, 6.07) is 20.1. The average Bonchev–Trinajstić information content (AvgIpc) is 3.24. The van der Waals surface area contributed by atoms with E-state index >= 15 is 0 Å². The van der Waals surface area contributed by atoms with E-state index in [9.17, 15) is 4.79 Å². The van der Waals surface area contributed by atoms with Crippen LogP contribution in [-0.4, -0.2) is 40.6 Å². The normalized spacial score (nSPS) is 15.4. The minimum absolute atomic E-state index is 0.0716. The van der Waals surface area contributed by atoms with Crippen LogP contribution in [0.3, 0.4) is 0 Å².